The number of pyridine rings is 1. The van der Waals surface area contributed by atoms with Gasteiger partial charge in [-0.2, -0.15) is 10.4 Å². The van der Waals surface area contributed by atoms with Gasteiger partial charge in [0.2, 0.25) is 0 Å². The maximum Gasteiger partial charge on any atom is 0.163 e. The molecule has 3 aromatic heterocycles. The van der Waals surface area contributed by atoms with Crippen LogP contribution in [0.5, 0.6) is 0 Å². The molecule has 126 valence electrons. The zero-order valence-corrected chi connectivity index (χ0v) is 13.9. The van der Waals surface area contributed by atoms with Gasteiger partial charge in [-0.1, -0.05) is 0 Å². The smallest absolute Gasteiger partial charge is 0.163 e. The molecule has 1 atom stereocenters. The van der Waals surface area contributed by atoms with Crippen LogP contribution in [0, 0.1) is 17.2 Å². The van der Waals surface area contributed by atoms with Crippen LogP contribution in [0.2, 0.25) is 0 Å². The number of nitrogens with zero attached hydrogens (tertiary/aromatic N) is 7. The number of nitriles is 1. The quantitative estimate of drug-likeness (QED) is 0.773. The van der Waals surface area contributed by atoms with Crippen LogP contribution in [-0.2, 0) is 7.05 Å². The third-order valence-electron chi connectivity index (χ3n) is 4.56. The lowest BCUT2D eigenvalue weighted by Crippen LogP contribution is -2.23. The standard InChI is InChI=1S/C17H18N8/c1-24-16-14(9-23-24)17(22-11-21-16)25-5-4-13(10-25)8-20-15-3-2-12(6-18)7-19-15/h2-3,7,9,11,13H,4-5,8,10H2,1H3,(H,19,20)/t13-/m0/s1. The van der Waals surface area contributed by atoms with Gasteiger partial charge in [0.05, 0.1) is 17.1 Å². The molecule has 0 saturated carbocycles. The van der Waals surface area contributed by atoms with E-state index in [1.165, 1.54) is 0 Å². The first-order valence-corrected chi connectivity index (χ1v) is 8.22. The van der Waals surface area contributed by atoms with Crippen LogP contribution < -0.4 is 10.2 Å². The van der Waals surface area contributed by atoms with Gasteiger partial charge in [0.25, 0.3) is 0 Å². The summed E-state index contributed by atoms with van der Waals surface area (Å²) in [6.45, 7) is 2.75. The van der Waals surface area contributed by atoms with E-state index in [0.717, 1.165) is 48.7 Å². The van der Waals surface area contributed by atoms with Crippen LogP contribution in [0.15, 0.2) is 30.9 Å². The second-order valence-corrected chi connectivity index (χ2v) is 6.23. The highest BCUT2D eigenvalue weighted by molar-refractivity contribution is 5.86. The number of aromatic nitrogens is 5. The summed E-state index contributed by atoms with van der Waals surface area (Å²) in [6, 6.07) is 5.69. The van der Waals surface area contributed by atoms with Crippen LogP contribution in [0.1, 0.15) is 12.0 Å². The first-order valence-electron chi connectivity index (χ1n) is 8.22. The van der Waals surface area contributed by atoms with Crippen molar-refractivity contribution in [1.29, 1.82) is 5.26 Å². The van der Waals surface area contributed by atoms with Gasteiger partial charge in [0.15, 0.2) is 5.65 Å². The third-order valence-corrected chi connectivity index (χ3v) is 4.56. The Labute approximate surface area is 145 Å². The van der Waals surface area contributed by atoms with Gasteiger partial charge >= 0.3 is 0 Å². The van der Waals surface area contributed by atoms with Crippen LogP contribution in [0.25, 0.3) is 11.0 Å². The molecule has 0 aromatic carbocycles. The molecule has 0 radical (unpaired) electrons. The van der Waals surface area contributed by atoms with Crippen molar-refractivity contribution in [1.82, 2.24) is 24.7 Å². The summed E-state index contributed by atoms with van der Waals surface area (Å²) in [4.78, 5) is 15.3. The molecule has 0 spiro atoms. The first kappa shape index (κ1) is 15.3. The van der Waals surface area contributed by atoms with E-state index < -0.39 is 0 Å². The van der Waals surface area contributed by atoms with Gasteiger partial charge in [0, 0.05) is 32.9 Å². The highest BCUT2D eigenvalue weighted by Gasteiger charge is 2.25. The molecule has 1 N–H and O–H groups in total. The van der Waals surface area contributed by atoms with Crippen molar-refractivity contribution >= 4 is 22.7 Å². The van der Waals surface area contributed by atoms with E-state index in [2.05, 4.69) is 36.3 Å². The number of hydrogen-bond acceptors (Lipinski definition) is 7. The molecule has 25 heavy (non-hydrogen) atoms. The van der Waals surface area contributed by atoms with Crippen molar-refractivity contribution in [3.8, 4) is 6.07 Å². The van der Waals surface area contributed by atoms with Crippen LogP contribution in [0.4, 0.5) is 11.6 Å². The van der Waals surface area contributed by atoms with E-state index in [-0.39, 0.29) is 0 Å². The minimum Gasteiger partial charge on any atom is -0.370 e. The Balaban J connectivity index is 1.41. The van der Waals surface area contributed by atoms with Crippen LogP contribution in [-0.4, -0.2) is 44.4 Å². The molecule has 1 fully saturated rings. The summed E-state index contributed by atoms with van der Waals surface area (Å²) in [7, 11) is 1.89. The molecule has 4 heterocycles. The number of anilines is 2. The minimum atomic E-state index is 0.513. The van der Waals surface area contributed by atoms with E-state index in [0.29, 0.717) is 11.5 Å². The van der Waals surface area contributed by atoms with Gasteiger partial charge in [-0.3, -0.25) is 4.68 Å². The lowest BCUT2D eigenvalue weighted by atomic mass is 10.1. The highest BCUT2D eigenvalue weighted by atomic mass is 15.3. The Morgan fingerprint density at radius 2 is 2.20 bits per heavy atom. The maximum absolute atomic E-state index is 8.81. The van der Waals surface area contributed by atoms with Gasteiger partial charge in [-0.05, 0) is 24.5 Å². The fraction of sp³-hybridized carbons (Fsp3) is 0.353. The number of hydrogen-bond donors (Lipinski definition) is 1. The van der Waals surface area contributed by atoms with E-state index >= 15 is 0 Å². The monoisotopic (exact) mass is 334 g/mol. The predicted molar refractivity (Wildman–Crippen MR) is 94.1 cm³/mol. The van der Waals surface area contributed by atoms with Gasteiger partial charge < -0.3 is 10.2 Å². The summed E-state index contributed by atoms with van der Waals surface area (Å²) in [6.07, 6.45) is 6.11. The Morgan fingerprint density at radius 1 is 1.28 bits per heavy atom. The summed E-state index contributed by atoms with van der Waals surface area (Å²) in [5.41, 5.74) is 1.43. The fourth-order valence-corrected chi connectivity index (χ4v) is 3.21. The van der Waals surface area contributed by atoms with E-state index in [4.69, 9.17) is 5.26 Å². The largest absolute Gasteiger partial charge is 0.370 e. The number of nitrogens with one attached hydrogen (secondary N) is 1. The Bertz CT molecular complexity index is 924. The van der Waals surface area contributed by atoms with Crippen molar-refractivity contribution in [2.24, 2.45) is 13.0 Å². The second kappa shape index (κ2) is 6.36. The summed E-state index contributed by atoms with van der Waals surface area (Å²) >= 11 is 0. The van der Waals surface area contributed by atoms with Crippen molar-refractivity contribution < 1.29 is 0 Å². The molecule has 1 saturated heterocycles. The van der Waals surface area contributed by atoms with E-state index in [1.807, 2.05) is 19.3 Å². The Kier molecular flexibility index (Phi) is 3.90. The summed E-state index contributed by atoms with van der Waals surface area (Å²) in [5.74, 6) is 2.27. The number of rotatable bonds is 4. The second-order valence-electron chi connectivity index (χ2n) is 6.23. The lowest BCUT2D eigenvalue weighted by Gasteiger charge is -2.18. The van der Waals surface area contributed by atoms with Crippen LogP contribution in [0.3, 0.4) is 0 Å². The molecule has 1 aliphatic heterocycles. The zero-order chi connectivity index (χ0) is 17.2. The first-order chi connectivity index (χ1) is 12.2. The molecule has 8 nitrogen and oxygen atoms in total. The maximum atomic E-state index is 8.81. The highest BCUT2D eigenvalue weighted by Crippen LogP contribution is 2.27. The molecular formula is C17H18N8. The van der Waals surface area contributed by atoms with E-state index in [1.54, 1.807) is 23.3 Å². The van der Waals surface area contributed by atoms with Crippen molar-refractivity contribution in [3.05, 3.63) is 36.4 Å². The average molecular weight is 334 g/mol. The lowest BCUT2D eigenvalue weighted by molar-refractivity contribution is 0.621. The molecule has 1 aliphatic rings. The molecule has 8 heteroatoms. The molecule has 0 aliphatic carbocycles. The minimum absolute atomic E-state index is 0.513. The topological polar surface area (TPSA) is 95.6 Å². The number of fused-ring (bicyclic) bond motifs is 1. The SMILES string of the molecule is Cn1ncc2c(N3CC[C@@H](CNc4ccc(C#N)cn4)C3)ncnc21. The normalized spacial score (nSPS) is 17.0. The Hall–Kier alpha value is -3.21. The van der Waals surface area contributed by atoms with Gasteiger partial charge in [0.1, 0.15) is 24.0 Å². The fourth-order valence-electron chi connectivity index (χ4n) is 3.21. The molecule has 3 aromatic rings. The molecule has 0 bridgehead atoms. The van der Waals surface area contributed by atoms with Crippen molar-refractivity contribution in [2.75, 3.05) is 29.9 Å². The molecular weight excluding hydrogens is 316 g/mol. The number of aryl methyl sites for hydroxylation is 1. The van der Waals surface area contributed by atoms with Crippen molar-refractivity contribution in [3.63, 3.8) is 0 Å². The predicted octanol–water partition coefficient (Wildman–Crippen LogP) is 1.57. The molecule has 0 unspecified atom stereocenters. The van der Waals surface area contributed by atoms with Gasteiger partial charge in [-0.15, -0.1) is 0 Å². The summed E-state index contributed by atoms with van der Waals surface area (Å²) < 4.78 is 1.77. The average Bonchev–Trinajstić information content (AvgIpc) is 3.27. The third kappa shape index (κ3) is 2.96. The molecule has 4 rings (SSSR count). The Morgan fingerprint density at radius 3 is 3.00 bits per heavy atom. The van der Waals surface area contributed by atoms with E-state index in [9.17, 15) is 0 Å². The van der Waals surface area contributed by atoms with Gasteiger partial charge in [-0.25, -0.2) is 15.0 Å². The van der Waals surface area contributed by atoms with Crippen molar-refractivity contribution in [2.45, 2.75) is 6.42 Å². The van der Waals surface area contributed by atoms with Crippen LogP contribution >= 0.6 is 0 Å². The summed E-state index contributed by atoms with van der Waals surface area (Å²) in [5, 5.41) is 17.4. The zero-order valence-electron chi connectivity index (χ0n) is 13.9. The molecule has 0 amide bonds.